The Morgan fingerprint density at radius 1 is 1.21 bits per heavy atom. The molecule has 0 spiro atoms. The number of para-hydroxylation sites is 1. The Morgan fingerprint density at radius 3 is 2.26 bits per heavy atom. The average molecular weight is 275 g/mol. The van der Waals surface area contributed by atoms with Gasteiger partial charge in [0.2, 0.25) is 0 Å². The molecule has 108 valence electrons. The minimum absolute atomic E-state index is 0.143. The minimum atomic E-state index is -4.68. The number of benzene rings is 1. The summed E-state index contributed by atoms with van der Waals surface area (Å²) >= 11 is 0. The smallest absolute Gasteiger partial charge is 0.405 e. The maximum Gasteiger partial charge on any atom is 0.573 e. The molecule has 0 amide bonds. The average Bonchev–Trinajstić information content (AvgIpc) is 2.30. The molecule has 0 heterocycles. The fourth-order valence-corrected chi connectivity index (χ4v) is 2.11. The highest BCUT2D eigenvalue weighted by molar-refractivity contribution is 5.37. The number of rotatable bonds is 5. The Kier molecular flexibility index (Phi) is 4.85. The fourth-order valence-electron chi connectivity index (χ4n) is 2.11. The van der Waals surface area contributed by atoms with E-state index < -0.39 is 6.36 Å². The zero-order chi connectivity index (χ0) is 14.7. The molecular weight excluding hydrogens is 255 g/mol. The molecule has 1 unspecified atom stereocenters. The van der Waals surface area contributed by atoms with E-state index in [4.69, 9.17) is 0 Å². The summed E-state index contributed by atoms with van der Waals surface area (Å²) in [4.78, 5) is 0. The second-order valence-electron chi connectivity index (χ2n) is 5.15. The first-order chi connectivity index (χ1) is 8.71. The van der Waals surface area contributed by atoms with Crippen molar-refractivity contribution in [1.29, 1.82) is 0 Å². The Labute approximate surface area is 112 Å². The van der Waals surface area contributed by atoms with Crippen LogP contribution in [0.1, 0.15) is 38.8 Å². The van der Waals surface area contributed by atoms with Crippen LogP contribution in [0.15, 0.2) is 24.3 Å². The standard InChI is InChI=1S/C14H20F3NO/c1-5-13(2,3)12(18-4)10-8-6-7-9-11(10)19-14(15,16)17/h6-9,12,18H,5H2,1-4H3. The molecule has 1 aromatic carbocycles. The van der Waals surface area contributed by atoms with Gasteiger partial charge in [0.1, 0.15) is 5.75 Å². The van der Waals surface area contributed by atoms with Gasteiger partial charge in [0, 0.05) is 11.6 Å². The van der Waals surface area contributed by atoms with Crippen molar-refractivity contribution in [1.82, 2.24) is 5.32 Å². The van der Waals surface area contributed by atoms with Gasteiger partial charge in [-0.15, -0.1) is 13.2 Å². The zero-order valence-corrected chi connectivity index (χ0v) is 11.6. The van der Waals surface area contributed by atoms with Crippen LogP contribution in [-0.2, 0) is 0 Å². The van der Waals surface area contributed by atoms with Gasteiger partial charge in [0.05, 0.1) is 0 Å². The first kappa shape index (κ1) is 15.8. The third kappa shape index (κ3) is 4.13. The van der Waals surface area contributed by atoms with E-state index in [0.29, 0.717) is 5.56 Å². The van der Waals surface area contributed by atoms with Gasteiger partial charge >= 0.3 is 6.36 Å². The van der Waals surface area contributed by atoms with Crippen LogP contribution in [-0.4, -0.2) is 13.4 Å². The fraction of sp³-hybridized carbons (Fsp3) is 0.571. The van der Waals surface area contributed by atoms with Crippen LogP contribution < -0.4 is 10.1 Å². The maximum absolute atomic E-state index is 12.4. The van der Waals surface area contributed by atoms with Crippen LogP contribution in [0.3, 0.4) is 0 Å². The molecule has 0 saturated heterocycles. The van der Waals surface area contributed by atoms with E-state index in [1.165, 1.54) is 12.1 Å². The van der Waals surface area contributed by atoms with Crippen molar-refractivity contribution in [2.45, 2.75) is 39.6 Å². The topological polar surface area (TPSA) is 21.3 Å². The molecule has 1 N–H and O–H groups in total. The molecule has 5 heteroatoms. The van der Waals surface area contributed by atoms with Crippen LogP contribution in [0.25, 0.3) is 0 Å². The summed E-state index contributed by atoms with van der Waals surface area (Å²) in [6.07, 6.45) is -3.84. The van der Waals surface area contributed by atoms with E-state index in [2.05, 4.69) is 10.1 Å². The molecule has 1 aromatic rings. The zero-order valence-electron chi connectivity index (χ0n) is 11.6. The summed E-state index contributed by atoms with van der Waals surface area (Å²) in [5.41, 5.74) is 0.342. The van der Waals surface area contributed by atoms with Gasteiger partial charge in [-0.2, -0.15) is 0 Å². The number of nitrogens with one attached hydrogen (secondary N) is 1. The number of hydrogen-bond donors (Lipinski definition) is 1. The molecule has 0 aromatic heterocycles. The summed E-state index contributed by atoms with van der Waals surface area (Å²) in [7, 11) is 1.74. The quantitative estimate of drug-likeness (QED) is 0.866. The Bertz CT molecular complexity index is 415. The van der Waals surface area contributed by atoms with E-state index in [1.54, 1.807) is 19.2 Å². The molecule has 0 saturated carbocycles. The Morgan fingerprint density at radius 2 is 1.79 bits per heavy atom. The number of ether oxygens (including phenoxy) is 1. The molecule has 1 atom stereocenters. The largest absolute Gasteiger partial charge is 0.573 e. The molecule has 19 heavy (non-hydrogen) atoms. The summed E-state index contributed by atoms with van der Waals surface area (Å²) < 4.78 is 41.4. The number of hydrogen-bond acceptors (Lipinski definition) is 2. The molecule has 1 rings (SSSR count). The number of alkyl halides is 3. The van der Waals surface area contributed by atoms with E-state index in [9.17, 15) is 13.2 Å². The third-order valence-electron chi connectivity index (χ3n) is 3.44. The molecular formula is C14H20F3NO. The van der Waals surface area contributed by atoms with Gasteiger partial charge in [-0.1, -0.05) is 39.0 Å². The van der Waals surface area contributed by atoms with Gasteiger partial charge in [0.15, 0.2) is 0 Å². The lowest BCUT2D eigenvalue weighted by Crippen LogP contribution is -2.32. The maximum atomic E-state index is 12.4. The first-order valence-corrected chi connectivity index (χ1v) is 6.23. The molecule has 0 radical (unpaired) electrons. The summed E-state index contributed by atoms with van der Waals surface area (Å²) in [6.45, 7) is 6.04. The van der Waals surface area contributed by atoms with Crippen LogP contribution in [0, 0.1) is 5.41 Å². The van der Waals surface area contributed by atoms with E-state index in [1.807, 2.05) is 20.8 Å². The lowest BCUT2D eigenvalue weighted by Gasteiger charge is -2.34. The Hall–Kier alpha value is -1.23. The predicted molar refractivity (Wildman–Crippen MR) is 69.0 cm³/mol. The van der Waals surface area contributed by atoms with E-state index in [-0.39, 0.29) is 17.2 Å². The van der Waals surface area contributed by atoms with E-state index >= 15 is 0 Å². The first-order valence-electron chi connectivity index (χ1n) is 6.23. The highest BCUT2D eigenvalue weighted by atomic mass is 19.4. The Balaban J connectivity index is 3.18. The third-order valence-corrected chi connectivity index (χ3v) is 3.44. The SMILES string of the molecule is CCC(C)(C)C(NC)c1ccccc1OC(F)(F)F. The second kappa shape index (κ2) is 5.82. The summed E-state index contributed by atoms with van der Waals surface area (Å²) in [5.74, 6) is -0.143. The lowest BCUT2D eigenvalue weighted by molar-refractivity contribution is -0.275. The van der Waals surface area contributed by atoms with Crippen LogP contribution in [0.4, 0.5) is 13.2 Å². The molecule has 0 bridgehead atoms. The molecule has 2 nitrogen and oxygen atoms in total. The molecule has 0 aliphatic rings. The molecule has 0 fully saturated rings. The van der Waals surface area contributed by atoms with Crippen molar-refractivity contribution in [2.24, 2.45) is 5.41 Å². The van der Waals surface area contributed by atoms with Crippen LogP contribution in [0.5, 0.6) is 5.75 Å². The van der Waals surface area contributed by atoms with Crippen LogP contribution in [0.2, 0.25) is 0 Å². The normalized spacial score (nSPS) is 14.3. The highest BCUT2D eigenvalue weighted by Gasteiger charge is 2.35. The molecule has 0 aliphatic carbocycles. The highest BCUT2D eigenvalue weighted by Crippen LogP contribution is 2.40. The lowest BCUT2D eigenvalue weighted by atomic mass is 9.78. The number of halogens is 3. The van der Waals surface area contributed by atoms with Crippen molar-refractivity contribution in [3.8, 4) is 5.75 Å². The van der Waals surface area contributed by atoms with Gasteiger partial charge in [-0.05, 0) is 24.9 Å². The van der Waals surface area contributed by atoms with Crippen molar-refractivity contribution in [3.05, 3.63) is 29.8 Å². The minimum Gasteiger partial charge on any atom is -0.405 e. The predicted octanol–water partition coefficient (Wildman–Crippen LogP) is 4.28. The van der Waals surface area contributed by atoms with Gasteiger partial charge in [-0.3, -0.25) is 0 Å². The van der Waals surface area contributed by atoms with Crippen molar-refractivity contribution >= 4 is 0 Å². The monoisotopic (exact) mass is 275 g/mol. The second-order valence-corrected chi connectivity index (χ2v) is 5.15. The van der Waals surface area contributed by atoms with Gasteiger partial charge in [0.25, 0.3) is 0 Å². The van der Waals surface area contributed by atoms with Crippen molar-refractivity contribution in [3.63, 3.8) is 0 Å². The van der Waals surface area contributed by atoms with Crippen LogP contribution >= 0.6 is 0 Å². The van der Waals surface area contributed by atoms with Gasteiger partial charge in [-0.25, -0.2) is 0 Å². The van der Waals surface area contributed by atoms with E-state index in [0.717, 1.165) is 6.42 Å². The summed E-state index contributed by atoms with van der Waals surface area (Å²) in [6, 6.07) is 6.06. The summed E-state index contributed by atoms with van der Waals surface area (Å²) in [5, 5.41) is 3.09. The van der Waals surface area contributed by atoms with Crippen molar-refractivity contribution < 1.29 is 17.9 Å². The van der Waals surface area contributed by atoms with Crippen molar-refractivity contribution in [2.75, 3.05) is 7.05 Å². The molecule has 0 aliphatic heterocycles. The van der Waals surface area contributed by atoms with Gasteiger partial charge < -0.3 is 10.1 Å².